The maximum atomic E-state index is 12.0. The molecule has 3 rings (SSSR count). The summed E-state index contributed by atoms with van der Waals surface area (Å²) in [5, 5.41) is 2.97. The lowest BCUT2D eigenvalue weighted by atomic mass is 10.1. The Morgan fingerprint density at radius 1 is 1.20 bits per heavy atom. The SMILES string of the molecule is O=C(NCc1ccccc1)N1CC(N2CCOCC2)C1. The van der Waals surface area contributed by atoms with Crippen LogP contribution in [-0.2, 0) is 11.3 Å². The predicted molar refractivity (Wildman–Crippen MR) is 76.4 cm³/mol. The van der Waals surface area contributed by atoms with Crippen LogP contribution >= 0.6 is 0 Å². The molecule has 2 aliphatic heterocycles. The Labute approximate surface area is 119 Å². The molecule has 0 spiro atoms. The molecule has 2 fully saturated rings. The molecule has 2 aliphatic rings. The van der Waals surface area contributed by atoms with Gasteiger partial charge in [0, 0.05) is 38.8 Å². The van der Waals surface area contributed by atoms with Gasteiger partial charge >= 0.3 is 6.03 Å². The molecule has 108 valence electrons. The van der Waals surface area contributed by atoms with Crippen molar-refractivity contribution in [1.29, 1.82) is 0 Å². The zero-order valence-electron chi connectivity index (χ0n) is 11.6. The monoisotopic (exact) mass is 275 g/mol. The van der Waals surface area contributed by atoms with Crippen LogP contribution in [0.4, 0.5) is 4.79 Å². The molecule has 0 bridgehead atoms. The number of hydrogen-bond donors (Lipinski definition) is 1. The lowest BCUT2D eigenvalue weighted by Crippen LogP contribution is -2.64. The molecule has 0 unspecified atom stereocenters. The fraction of sp³-hybridized carbons (Fsp3) is 0.533. The van der Waals surface area contributed by atoms with Gasteiger partial charge in [0.15, 0.2) is 0 Å². The zero-order chi connectivity index (χ0) is 13.8. The Hall–Kier alpha value is -1.59. The lowest BCUT2D eigenvalue weighted by molar-refractivity contribution is -0.0203. The number of rotatable bonds is 3. The Kier molecular flexibility index (Phi) is 4.18. The third-order valence-corrected chi connectivity index (χ3v) is 4.00. The number of carbonyl (C=O) groups excluding carboxylic acids is 1. The quantitative estimate of drug-likeness (QED) is 0.892. The molecule has 20 heavy (non-hydrogen) atoms. The summed E-state index contributed by atoms with van der Waals surface area (Å²) in [4.78, 5) is 16.3. The van der Waals surface area contributed by atoms with Gasteiger partial charge < -0.3 is 15.0 Å². The fourth-order valence-corrected chi connectivity index (χ4v) is 2.68. The molecule has 2 heterocycles. The third-order valence-electron chi connectivity index (χ3n) is 4.00. The number of urea groups is 1. The number of benzene rings is 1. The van der Waals surface area contributed by atoms with E-state index < -0.39 is 0 Å². The van der Waals surface area contributed by atoms with Gasteiger partial charge in [0.1, 0.15) is 0 Å². The standard InChI is InChI=1S/C15H21N3O2/c19-15(16-10-13-4-2-1-3-5-13)18-11-14(12-18)17-6-8-20-9-7-17/h1-5,14H,6-12H2,(H,16,19). The van der Waals surface area contributed by atoms with Gasteiger partial charge in [-0.25, -0.2) is 4.79 Å². The van der Waals surface area contributed by atoms with E-state index in [4.69, 9.17) is 4.74 Å². The first kappa shape index (κ1) is 13.4. The molecule has 1 N–H and O–H groups in total. The highest BCUT2D eigenvalue weighted by Gasteiger charge is 2.35. The van der Waals surface area contributed by atoms with Gasteiger partial charge in [0.2, 0.25) is 0 Å². The van der Waals surface area contributed by atoms with E-state index in [0.717, 1.165) is 45.0 Å². The van der Waals surface area contributed by atoms with Crippen molar-refractivity contribution in [3.05, 3.63) is 35.9 Å². The molecule has 0 radical (unpaired) electrons. The second-order valence-electron chi connectivity index (χ2n) is 5.35. The summed E-state index contributed by atoms with van der Waals surface area (Å²) in [5.41, 5.74) is 1.13. The fourth-order valence-electron chi connectivity index (χ4n) is 2.68. The Morgan fingerprint density at radius 2 is 1.90 bits per heavy atom. The molecular formula is C15H21N3O2. The average Bonchev–Trinajstić information content (AvgIpc) is 2.46. The summed E-state index contributed by atoms with van der Waals surface area (Å²) >= 11 is 0. The second kappa shape index (κ2) is 6.24. The summed E-state index contributed by atoms with van der Waals surface area (Å²) in [6.45, 7) is 5.88. The molecule has 5 nitrogen and oxygen atoms in total. The van der Waals surface area contributed by atoms with E-state index in [1.165, 1.54) is 0 Å². The first-order valence-electron chi connectivity index (χ1n) is 7.21. The Morgan fingerprint density at radius 3 is 2.60 bits per heavy atom. The van der Waals surface area contributed by atoms with Crippen LogP contribution in [0.2, 0.25) is 0 Å². The second-order valence-corrected chi connectivity index (χ2v) is 5.35. The maximum absolute atomic E-state index is 12.0. The van der Waals surface area contributed by atoms with E-state index in [2.05, 4.69) is 10.2 Å². The van der Waals surface area contributed by atoms with E-state index in [1.807, 2.05) is 35.2 Å². The van der Waals surface area contributed by atoms with Crippen LogP contribution < -0.4 is 5.32 Å². The maximum Gasteiger partial charge on any atom is 0.317 e. The average molecular weight is 275 g/mol. The number of carbonyl (C=O) groups is 1. The minimum Gasteiger partial charge on any atom is -0.379 e. The van der Waals surface area contributed by atoms with E-state index in [9.17, 15) is 4.79 Å². The molecular weight excluding hydrogens is 254 g/mol. The van der Waals surface area contributed by atoms with Crippen LogP contribution in [0.15, 0.2) is 30.3 Å². The number of morpholine rings is 1. The molecule has 1 aromatic carbocycles. The highest BCUT2D eigenvalue weighted by atomic mass is 16.5. The van der Waals surface area contributed by atoms with Crippen molar-refractivity contribution >= 4 is 6.03 Å². The van der Waals surface area contributed by atoms with Gasteiger partial charge in [-0.05, 0) is 5.56 Å². The summed E-state index contributed by atoms with van der Waals surface area (Å²) in [5.74, 6) is 0. The van der Waals surface area contributed by atoms with Gasteiger partial charge in [-0.15, -0.1) is 0 Å². The third kappa shape index (κ3) is 3.11. The topological polar surface area (TPSA) is 44.8 Å². The lowest BCUT2D eigenvalue weighted by Gasteiger charge is -2.46. The van der Waals surface area contributed by atoms with Crippen LogP contribution in [-0.4, -0.2) is 61.3 Å². The number of amides is 2. The van der Waals surface area contributed by atoms with E-state index in [1.54, 1.807) is 0 Å². The van der Waals surface area contributed by atoms with Crippen molar-refractivity contribution in [1.82, 2.24) is 15.1 Å². The highest BCUT2D eigenvalue weighted by molar-refractivity contribution is 5.75. The highest BCUT2D eigenvalue weighted by Crippen LogP contribution is 2.16. The largest absolute Gasteiger partial charge is 0.379 e. The number of nitrogens with one attached hydrogen (secondary N) is 1. The van der Waals surface area contributed by atoms with Crippen LogP contribution in [0.25, 0.3) is 0 Å². The Bertz CT molecular complexity index is 440. The number of nitrogens with zero attached hydrogens (tertiary/aromatic N) is 2. The molecule has 5 heteroatoms. The summed E-state index contributed by atoms with van der Waals surface area (Å²) in [7, 11) is 0. The van der Waals surface area contributed by atoms with Crippen molar-refractivity contribution in [3.8, 4) is 0 Å². The van der Waals surface area contributed by atoms with E-state index >= 15 is 0 Å². The molecule has 0 saturated carbocycles. The minimum atomic E-state index is 0.0402. The first-order valence-corrected chi connectivity index (χ1v) is 7.21. The Balaban J connectivity index is 1.39. The van der Waals surface area contributed by atoms with Crippen LogP contribution in [0.5, 0.6) is 0 Å². The van der Waals surface area contributed by atoms with Gasteiger partial charge in [-0.2, -0.15) is 0 Å². The van der Waals surface area contributed by atoms with Crippen LogP contribution in [0.1, 0.15) is 5.56 Å². The van der Waals surface area contributed by atoms with Gasteiger partial charge in [0.05, 0.1) is 13.2 Å². The number of ether oxygens (including phenoxy) is 1. The van der Waals surface area contributed by atoms with Crippen LogP contribution in [0.3, 0.4) is 0 Å². The van der Waals surface area contributed by atoms with Crippen molar-refractivity contribution in [2.75, 3.05) is 39.4 Å². The van der Waals surface area contributed by atoms with E-state index in [-0.39, 0.29) is 6.03 Å². The number of likely N-dealkylation sites (tertiary alicyclic amines) is 1. The van der Waals surface area contributed by atoms with Gasteiger partial charge in [0.25, 0.3) is 0 Å². The van der Waals surface area contributed by atoms with Crippen molar-refractivity contribution in [2.45, 2.75) is 12.6 Å². The van der Waals surface area contributed by atoms with Gasteiger partial charge in [-0.1, -0.05) is 30.3 Å². The van der Waals surface area contributed by atoms with E-state index in [0.29, 0.717) is 12.6 Å². The molecule has 0 atom stereocenters. The predicted octanol–water partition coefficient (Wildman–Crippen LogP) is 0.913. The summed E-state index contributed by atoms with van der Waals surface area (Å²) < 4.78 is 5.35. The zero-order valence-corrected chi connectivity index (χ0v) is 11.6. The van der Waals surface area contributed by atoms with Crippen molar-refractivity contribution < 1.29 is 9.53 Å². The smallest absolute Gasteiger partial charge is 0.317 e. The molecule has 1 aromatic rings. The normalized spacial score (nSPS) is 20.5. The summed E-state index contributed by atoms with van der Waals surface area (Å²) in [6.07, 6.45) is 0. The minimum absolute atomic E-state index is 0.0402. The van der Waals surface area contributed by atoms with Gasteiger partial charge in [-0.3, -0.25) is 4.90 Å². The van der Waals surface area contributed by atoms with Crippen molar-refractivity contribution in [2.24, 2.45) is 0 Å². The molecule has 0 aliphatic carbocycles. The molecule has 0 aromatic heterocycles. The molecule has 2 amide bonds. The van der Waals surface area contributed by atoms with Crippen LogP contribution in [0, 0.1) is 0 Å². The summed E-state index contributed by atoms with van der Waals surface area (Å²) in [6, 6.07) is 10.5. The van der Waals surface area contributed by atoms with Crippen molar-refractivity contribution in [3.63, 3.8) is 0 Å². The number of hydrogen-bond acceptors (Lipinski definition) is 3. The molecule has 2 saturated heterocycles. The first-order chi connectivity index (χ1) is 9.83.